The van der Waals surface area contributed by atoms with E-state index in [-0.39, 0.29) is 18.2 Å². The average Bonchev–Trinajstić information content (AvgIpc) is 3.59. The van der Waals surface area contributed by atoms with Gasteiger partial charge in [-0.2, -0.15) is 0 Å². The highest BCUT2D eigenvalue weighted by Gasteiger charge is 2.27. The van der Waals surface area contributed by atoms with Crippen LogP contribution in [0.25, 0.3) is 16.6 Å². The summed E-state index contributed by atoms with van der Waals surface area (Å²) in [7, 11) is 0. The van der Waals surface area contributed by atoms with Crippen LogP contribution in [0.5, 0.6) is 0 Å². The van der Waals surface area contributed by atoms with Crippen LogP contribution in [-0.2, 0) is 16.0 Å². The fraction of sp³-hybridized carbons (Fsp3) is 0.586. The Bertz CT molecular complexity index is 1180. The lowest BCUT2D eigenvalue weighted by molar-refractivity contribution is 0.0342. The first-order chi connectivity index (χ1) is 18.1. The first kappa shape index (κ1) is 24.8. The van der Waals surface area contributed by atoms with Gasteiger partial charge < -0.3 is 19.9 Å². The molecule has 1 aliphatic carbocycles. The predicted octanol–water partition coefficient (Wildman–Crippen LogP) is 4.23. The molecule has 8 nitrogen and oxygen atoms in total. The number of anilines is 1. The Morgan fingerprint density at radius 2 is 1.84 bits per heavy atom. The summed E-state index contributed by atoms with van der Waals surface area (Å²) in [5.41, 5.74) is 5.91. The average molecular weight is 506 g/mol. The van der Waals surface area contributed by atoms with E-state index in [9.17, 15) is 5.11 Å². The third-order valence-electron chi connectivity index (χ3n) is 8.31. The highest BCUT2D eigenvalue weighted by Crippen LogP contribution is 2.37. The van der Waals surface area contributed by atoms with Crippen molar-refractivity contribution >= 4 is 11.5 Å². The Labute approximate surface area is 219 Å². The lowest BCUT2D eigenvalue weighted by atomic mass is 9.85. The zero-order chi connectivity index (χ0) is 25.2. The number of nitrogens with zero attached hydrogens (tertiary/aromatic N) is 4. The lowest BCUT2D eigenvalue weighted by Crippen LogP contribution is -2.35. The minimum Gasteiger partial charge on any atom is -0.393 e. The molecule has 37 heavy (non-hydrogen) atoms. The number of morpholine rings is 1. The molecule has 0 amide bonds. The van der Waals surface area contributed by atoms with Crippen molar-refractivity contribution < 1.29 is 14.6 Å². The van der Waals surface area contributed by atoms with Gasteiger partial charge in [0.1, 0.15) is 0 Å². The molecular formula is C29H39N5O3. The van der Waals surface area contributed by atoms with Gasteiger partial charge in [0, 0.05) is 43.4 Å². The Morgan fingerprint density at radius 1 is 1.05 bits per heavy atom. The second-order valence-electron chi connectivity index (χ2n) is 10.9. The van der Waals surface area contributed by atoms with E-state index in [1.807, 2.05) is 6.20 Å². The van der Waals surface area contributed by atoms with E-state index < -0.39 is 0 Å². The van der Waals surface area contributed by atoms with E-state index in [4.69, 9.17) is 19.6 Å². The van der Waals surface area contributed by atoms with Crippen LogP contribution in [0, 0.1) is 0 Å². The minimum atomic E-state index is -0.180. The van der Waals surface area contributed by atoms with Crippen LogP contribution >= 0.6 is 0 Å². The summed E-state index contributed by atoms with van der Waals surface area (Å²) >= 11 is 0. The summed E-state index contributed by atoms with van der Waals surface area (Å²) in [6.07, 6.45) is 7.80. The number of hydrogen-bond donors (Lipinski definition) is 2. The van der Waals surface area contributed by atoms with Gasteiger partial charge in [-0.15, -0.1) is 5.10 Å². The van der Waals surface area contributed by atoms with E-state index in [1.165, 1.54) is 16.8 Å². The molecule has 3 aliphatic rings. The van der Waals surface area contributed by atoms with Crippen molar-refractivity contribution in [2.75, 3.05) is 38.2 Å². The van der Waals surface area contributed by atoms with Gasteiger partial charge in [-0.05, 0) is 62.6 Å². The van der Waals surface area contributed by atoms with Crippen LogP contribution in [0.1, 0.15) is 62.6 Å². The van der Waals surface area contributed by atoms with Crippen LogP contribution in [0.15, 0.2) is 36.5 Å². The Hall–Kier alpha value is -2.52. The van der Waals surface area contributed by atoms with Crippen molar-refractivity contribution in [3.8, 4) is 11.1 Å². The van der Waals surface area contributed by atoms with Crippen molar-refractivity contribution in [3.05, 3.63) is 47.8 Å². The van der Waals surface area contributed by atoms with Gasteiger partial charge in [0.25, 0.3) is 0 Å². The number of benzene rings is 1. The smallest absolute Gasteiger partial charge is 0.241 e. The van der Waals surface area contributed by atoms with Crippen LogP contribution in [0.3, 0.4) is 0 Å². The fourth-order valence-electron chi connectivity index (χ4n) is 6.08. The molecule has 0 spiro atoms. The summed E-state index contributed by atoms with van der Waals surface area (Å²) in [4.78, 5) is 7.16. The summed E-state index contributed by atoms with van der Waals surface area (Å²) < 4.78 is 13.4. The van der Waals surface area contributed by atoms with E-state index >= 15 is 0 Å². The standard InChI is InChI=1S/C29H39N5O3/c1-20(28-3-2-14-37-28)31-29-30-18-27-25(17-26(34(27)32-29)23-8-10-24(35)11-9-23)22-6-4-21(5-7-22)19-33-12-15-36-16-13-33/h4-7,17-18,20,23-24,28,35H,2-3,8-16,19H2,1H3,(H,31,32)/t20-,23-,24-,28+/m0/s1. The first-order valence-electron chi connectivity index (χ1n) is 14.0. The maximum Gasteiger partial charge on any atom is 0.241 e. The monoisotopic (exact) mass is 505 g/mol. The van der Waals surface area contributed by atoms with Crippen LogP contribution in [-0.4, -0.2) is 75.8 Å². The van der Waals surface area contributed by atoms with Crippen LogP contribution in [0.4, 0.5) is 5.95 Å². The van der Waals surface area contributed by atoms with E-state index in [2.05, 4.69) is 52.0 Å². The number of rotatable bonds is 7. The molecule has 2 atom stereocenters. The molecule has 1 saturated carbocycles. The van der Waals surface area contributed by atoms with Gasteiger partial charge in [-0.3, -0.25) is 4.90 Å². The van der Waals surface area contributed by atoms with Crippen molar-refractivity contribution in [3.63, 3.8) is 0 Å². The third kappa shape index (κ3) is 5.53. The zero-order valence-electron chi connectivity index (χ0n) is 21.8. The molecule has 1 aromatic carbocycles. The number of nitrogens with one attached hydrogen (secondary N) is 1. The number of aromatic nitrogens is 3. The molecule has 4 heterocycles. The molecule has 0 radical (unpaired) electrons. The second kappa shape index (κ2) is 11.1. The molecular weight excluding hydrogens is 466 g/mol. The Kier molecular flexibility index (Phi) is 7.42. The summed E-state index contributed by atoms with van der Waals surface area (Å²) in [6.45, 7) is 7.55. The van der Waals surface area contributed by atoms with Crippen LogP contribution in [0.2, 0.25) is 0 Å². The van der Waals surface area contributed by atoms with Gasteiger partial charge in [-0.1, -0.05) is 24.3 Å². The normalized spacial score (nSPS) is 25.9. The van der Waals surface area contributed by atoms with E-state index in [1.54, 1.807) is 0 Å². The Morgan fingerprint density at radius 3 is 2.57 bits per heavy atom. The number of hydrogen-bond acceptors (Lipinski definition) is 7. The van der Waals surface area contributed by atoms with Gasteiger partial charge in [-0.25, -0.2) is 9.50 Å². The predicted molar refractivity (Wildman–Crippen MR) is 144 cm³/mol. The molecule has 2 saturated heterocycles. The largest absolute Gasteiger partial charge is 0.393 e. The molecule has 8 heteroatoms. The maximum absolute atomic E-state index is 10.1. The summed E-state index contributed by atoms with van der Waals surface area (Å²) in [6, 6.07) is 11.4. The van der Waals surface area contributed by atoms with Crippen molar-refractivity contribution in [2.45, 2.75) is 76.2 Å². The van der Waals surface area contributed by atoms with E-state index in [0.29, 0.717) is 11.9 Å². The van der Waals surface area contributed by atoms with Crippen molar-refractivity contribution in [1.82, 2.24) is 19.5 Å². The first-order valence-corrected chi connectivity index (χ1v) is 14.0. The second-order valence-corrected chi connectivity index (χ2v) is 10.9. The van der Waals surface area contributed by atoms with Crippen LogP contribution < -0.4 is 5.32 Å². The molecule has 2 aromatic heterocycles. The summed E-state index contributed by atoms with van der Waals surface area (Å²) in [5.74, 6) is 1.01. The number of ether oxygens (including phenoxy) is 2. The topological polar surface area (TPSA) is 84.2 Å². The van der Waals surface area contributed by atoms with Gasteiger partial charge in [0.15, 0.2) is 0 Å². The van der Waals surface area contributed by atoms with Crippen molar-refractivity contribution in [1.29, 1.82) is 0 Å². The number of fused-ring (bicyclic) bond motifs is 1. The number of aliphatic hydroxyl groups is 1. The molecule has 3 fully saturated rings. The van der Waals surface area contributed by atoms with Gasteiger partial charge in [0.2, 0.25) is 5.95 Å². The van der Waals surface area contributed by atoms with Gasteiger partial charge in [0.05, 0.1) is 43.2 Å². The zero-order valence-corrected chi connectivity index (χ0v) is 21.8. The molecule has 6 rings (SSSR count). The summed E-state index contributed by atoms with van der Waals surface area (Å²) in [5, 5.41) is 18.6. The quantitative estimate of drug-likeness (QED) is 0.497. The highest BCUT2D eigenvalue weighted by molar-refractivity contribution is 5.81. The van der Waals surface area contributed by atoms with E-state index in [0.717, 1.165) is 89.1 Å². The molecule has 2 aliphatic heterocycles. The fourth-order valence-corrected chi connectivity index (χ4v) is 6.08. The van der Waals surface area contributed by atoms with Gasteiger partial charge >= 0.3 is 0 Å². The Balaban J connectivity index is 1.29. The SMILES string of the molecule is C[C@H](Nc1ncc2c(-c3ccc(CN4CCOCC4)cc3)cc([C@H]3CC[C@H](O)CC3)n2n1)[C@H]1CCCO1. The molecule has 2 N–H and O–H groups in total. The molecule has 3 aromatic rings. The minimum absolute atomic E-state index is 0.155. The molecule has 0 bridgehead atoms. The maximum atomic E-state index is 10.1. The highest BCUT2D eigenvalue weighted by atomic mass is 16.5. The lowest BCUT2D eigenvalue weighted by Gasteiger charge is -2.26. The molecule has 198 valence electrons. The van der Waals surface area contributed by atoms with Crippen molar-refractivity contribution in [2.24, 2.45) is 0 Å². The molecule has 0 unspecified atom stereocenters. The third-order valence-corrected chi connectivity index (χ3v) is 8.31. The number of aliphatic hydroxyl groups excluding tert-OH is 1.